The Morgan fingerprint density at radius 2 is 1.12 bits per heavy atom. The average Bonchev–Trinajstić information content (AvgIpc) is 1.96. The van der Waals surface area contributed by atoms with Crippen LogP contribution in [0.3, 0.4) is 0 Å². The van der Waals surface area contributed by atoms with Crippen LogP contribution in [0.15, 0.2) is 0 Å². The Labute approximate surface area is 102 Å². The normalized spacial score (nSPS) is 12.5. The third-order valence-corrected chi connectivity index (χ3v) is 2.64. The van der Waals surface area contributed by atoms with Crippen LogP contribution in [-0.4, -0.2) is 75.3 Å². The molecular weight excluding hydrogens is 224 g/mol. The minimum Gasteiger partial charge on any atom is -0.544 e. The standard InChI is InChI=1S/C11H22N2O4/c1-12(2,8-10(14)15)6-5-7-13(3,4)9-11(16)17/h5-9H2,1-4H3. The van der Waals surface area contributed by atoms with E-state index in [1.807, 2.05) is 28.2 Å². The van der Waals surface area contributed by atoms with Crippen molar-refractivity contribution in [2.75, 3.05) is 54.4 Å². The molecule has 0 aromatic carbocycles. The van der Waals surface area contributed by atoms with Crippen molar-refractivity contribution in [3.63, 3.8) is 0 Å². The van der Waals surface area contributed by atoms with Gasteiger partial charge in [-0.2, -0.15) is 0 Å². The van der Waals surface area contributed by atoms with Gasteiger partial charge in [-0.3, -0.25) is 0 Å². The molecule has 0 N–H and O–H groups in total. The lowest BCUT2D eigenvalue weighted by Gasteiger charge is -2.33. The van der Waals surface area contributed by atoms with E-state index < -0.39 is 11.9 Å². The first-order valence-corrected chi connectivity index (χ1v) is 5.58. The maximum Gasteiger partial charge on any atom is 0.119 e. The predicted octanol–water partition coefficient (Wildman–Crippen LogP) is -2.97. The second kappa shape index (κ2) is 5.97. The summed E-state index contributed by atoms with van der Waals surface area (Å²) in [6, 6.07) is 0. The SMILES string of the molecule is C[N+](C)(CCC[N+](C)(C)CC(=O)[O-])CC(=O)[O-]. The van der Waals surface area contributed by atoms with Crippen molar-refractivity contribution in [1.29, 1.82) is 0 Å². The van der Waals surface area contributed by atoms with Crippen molar-refractivity contribution in [1.82, 2.24) is 0 Å². The summed E-state index contributed by atoms with van der Waals surface area (Å²) in [7, 11) is 7.26. The van der Waals surface area contributed by atoms with Crippen molar-refractivity contribution in [2.24, 2.45) is 0 Å². The molecule has 6 nitrogen and oxygen atoms in total. The van der Waals surface area contributed by atoms with Gasteiger partial charge >= 0.3 is 0 Å². The second-order valence-corrected chi connectivity index (χ2v) is 5.73. The Bertz CT molecular complexity index is 259. The second-order valence-electron chi connectivity index (χ2n) is 5.73. The number of carboxylic acids is 2. The van der Waals surface area contributed by atoms with Crippen LogP contribution in [0.5, 0.6) is 0 Å². The summed E-state index contributed by atoms with van der Waals surface area (Å²) in [4.78, 5) is 21.0. The number of carbonyl (C=O) groups is 2. The fraction of sp³-hybridized carbons (Fsp3) is 0.818. The highest BCUT2D eigenvalue weighted by Crippen LogP contribution is 2.03. The molecule has 0 heterocycles. The number of rotatable bonds is 8. The summed E-state index contributed by atoms with van der Waals surface area (Å²) in [5.41, 5.74) is 0. The Kier molecular flexibility index (Phi) is 5.57. The zero-order chi connectivity index (χ0) is 13.7. The van der Waals surface area contributed by atoms with Gasteiger partial charge in [0.15, 0.2) is 0 Å². The molecule has 0 spiro atoms. The molecule has 0 aromatic rings. The van der Waals surface area contributed by atoms with Gasteiger partial charge < -0.3 is 28.8 Å². The van der Waals surface area contributed by atoms with E-state index in [4.69, 9.17) is 0 Å². The van der Waals surface area contributed by atoms with E-state index in [9.17, 15) is 19.8 Å². The third kappa shape index (κ3) is 8.65. The van der Waals surface area contributed by atoms with Gasteiger partial charge in [0.2, 0.25) is 0 Å². The molecule has 17 heavy (non-hydrogen) atoms. The number of quaternary nitrogens is 2. The molecule has 0 rings (SSSR count). The molecule has 0 aliphatic rings. The Hall–Kier alpha value is -1.14. The Morgan fingerprint density at radius 3 is 1.35 bits per heavy atom. The topological polar surface area (TPSA) is 80.3 Å². The first kappa shape index (κ1) is 15.9. The molecule has 6 heteroatoms. The summed E-state index contributed by atoms with van der Waals surface area (Å²) >= 11 is 0. The lowest BCUT2D eigenvalue weighted by Crippen LogP contribution is -2.52. The van der Waals surface area contributed by atoms with Crippen LogP contribution in [0.2, 0.25) is 0 Å². The minimum atomic E-state index is -1.07. The summed E-state index contributed by atoms with van der Waals surface area (Å²) in [6.45, 7) is 1.27. The monoisotopic (exact) mass is 246 g/mol. The summed E-state index contributed by atoms with van der Waals surface area (Å²) in [5.74, 6) is -2.14. The van der Waals surface area contributed by atoms with Gasteiger partial charge in [0, 0.05) is 6.42 Å². The molecule has 0 aliphatic carbocycles. The molecule has 0 amide bonds. The average molecular weight is 246 g/mol. The number of hydrogen-bond donors (Lipinski definition) is 0. The molecule has 0 aliphatic heterocycles. The summed E-state index contributed by atoms with van der Waals surface area (Å²) in [5, 5.41) is 21.0. The van der Waals surface area contributed by atoms with Gasteiger partial charge in [-0.1, -0.05) is 0 Å². The Balaban J connectivity index is 4.05. The van der Waals surface area contributed by atoms with Crippen LogP contribution >= 0.6 is 0 Å². The molecule has 0 fully saturated rings. The first-order valence-electron chi connectivity index (χ1n) is 5.58. The highest BCUT2D eigenvalue weighted by Gasteiger charge is 2.19. The van der Waals surface area contributed by atoms with Crippen LogP contribution < -0.4 is 10.2 Å². The zero-order valence-corrected chi connectivity index (χ0v) is 11.1. The van der Waals surface area contributed by atoms with Gasteiger partial charge in [0.25, 0.3) is 0 Å². The number of likely N-dealkylation sites (N-methyl/N-ethyl adjacent to an activating group) is 2. The van der Waals surface area contributed by atoms with Crippen LogP contribution in [0.25, 0.3) is 0 Å². The highest BCUT2D eigenvalue weighted by atomic mass is 16.4. The quantitative estimate of drug-likeness (QED) is 0.428. The van der Waals surface area contributed by atoms with Crippen molar-refractivity contribution >= 4 is 11.9 Å². The number of carboxylic acid groups (broad SMARTS) is 2. The minimum absolute atomic E-state index is 0.0338. The maximum absolute atomic E-state index is 10.5. The molecular formula is C11H22N2O4. The van der Waals surface area contributed by atoms with E-state index in [0.29, 0.717) is 22.1 Å². The van der Waals surface area contributed by atoms with Crippen molar-refractivity contribution in [2.45, 2.75) is 6.42 Å². The number of nitrogens with zero attached hydrogens (tertiary/aromatic N) is 2. The van der Waals surface area contributed by atoms with Crippen LogP contribution in [0.4, 0.5) is 0 Å². The lowest BCUT2D eigenvalue weighted by molar-refractivity contribution is -0.903. The molecule has 0 unspecified atom stereocenters. The van der Waals surface area contributed by atoms with E-state index in [0.717, 1.165) is 6.42 Å². The van der Waals surface area contributed by atoms with E-state index in [1.54, 1.807) is 0 Å². The fourth-order valence-electron chi connectivity index (χ4n) is 1.78. The maximum atomic E-state index is 10.5. The lowest BCUT2D eigenvalue weighted by atomic mass is 10.3. The summed E-state index contributed by atoms with van der Waals surface area (Å²) in [6.07, 6.45) is 0.751. The number of aliphatic carboxylic acids is 2. The number of hydrogen-bond acceptors (Lipinski definition) is 4. The van der Waals surface area contributed by atoms with E-state index >= 15 is 0 Å². The molecule has 0 saturated heterocycles. The third-order valence-electron chi connectivity index (χ3n) is 2.64. The molecule has 0 atom stereocenters. The van der Waals surface area contributed by atoms with Gasteiger partial charge in [-0.25, -0.2) is 0 Å². The van der Waals surface area contributed by atoms with E-state index in [2.05, 4.69) is 0 Å². The van der Waals surface area contributed by atoms with Crippen molar-refractivity contribution in [3.05, 3.63) is 0 Å². The van der Waals surface area contributed by atoms with Crippen LogP contribution in [0, 0.1) is 0 Å². The van der Waals surface area contributed by atoms with Crippen LogP contribution in [-0.2, 0) is 9.59 Å². The van der Waals surface area contributed by atoms with Gasteiger partial charge in [-0.05, 0) is 0 Å². The van der Waals surface area contributed by atoms with Crippen molar-refractivity contribution < 1.29 is 28.8 Å². The molecule has 0 saturated carbocycles. The van der Waals surface area contributed by atoms with E-state index in [1.165, 1.54) is 0 Å². The van der Waals surface area contributed by atoms with Gasteiger partial charge in [-0.15, -0.1) is 0 Å². The highest BCUT2D eigenvalue weighted by molar-refractivity contribution is 5.65. The first-order chi connectivity index (χ1) is 7.54. The zero-order valence-electron chi connectivity index (χ0n) is 11.1. The largest absolute Gasteiger partial charge is 0.544 e. The van der Waals surface area contributed by atoms with Gasteiger partial charge in [0.05, 0.1) is 53.2 Å². The van der Waals surface area contributed by atoms with Gasteiger partial charge in [0.1, 0.15) is 13.1 Å². The Morgan fingerprint density at radius 1 is 0.824 bits per heavy atom. The van der Waals surface area contributed by atoms with E-state index in [-0.39, 0.29) is 13.1 Å². The molecule has 0 aromatic heterocycles. The predicted molar refractivity (Wildman–Crippen MR) is 58.3 cm³/mol. The van der Waals surface area contributed by atoms with Crippen molar-refractivity contribution in [3.8, 4) is 0 Å². The summed E-state index contributed by atoms with van der Waals surface area (Å²) < 4.78 is 0.682. The smallest absolute Gasteiger partial charge is 0.119 e. The van der Waals surface area contributed by atoms with Crippen LogP contribution in [0.1, 0.15) is 6.42 Å². The molecule has 0 radical (unpaired) electrons. The number of carbonyl (C=O) groups excluding carboxylic acids is 2. The molecule has 0 bridgehead atoms. The molecule has 100 valence electrons. The fourth-order valence-corrected chi connectivity index (χ4v) is 1.78.